The largest absolute Gasteiger partial charge is 0.454 e. The van der Waals surface area contributed by atoms with Gasteiger partial charge in [0.25, 0.3) is 0 Å². The summed E-state index contributed by atoms with van der Waals surface area (Å²) in [5, 5.41) is 4.08. The van der Waals surface area contributed by atoms with E-state index in [1.165, 1.54) is 80.1 Å². The maximum absolute atomic E-state index is 13.5. The first-order chi connectivity index (χ1) is 25.7. The van der Waals surface area contributed by atoms with E-state index in [-0.39, 0.29) is 17.2 Å². The van der Waals surface area contributed by atoms with Crippen molar-refractivity contribution >= 4 is 34.9 Å². The molecule has 0 radical (unpaired) electrons. The van der Waals surface area contributed by atoms with Crippen LogP contribution in [0.3, 0.4) is 0 Å². The number of benzene rings is 3. The van der Waals surface area contributed by atoms with Crippen molar-refractivity contribution in [3.05, 3.63) is 126 Å². The van der Waals surface area contributed by atoms with E-state index < -0.39 is 13.4 Å². The van der Waals surface area contributed by atoms with Crippen molar-refractivity contribution < 1.29 is 14.3 Å². The lowest BCUT2D eigenvalue weighted by atomic mass is 9.71. The lowest BCUT2D eigenvalue weighted by Crippen LogP contribution is -2.39. The highest BCUT2D eigenvalue weighted by Gasteiger charge is 2.44. The molecule has 3 aromatic carbocycles. The van der Waals surface area contributed by atoms with Crippen LogP contribution in [0.25, 0.3) is 0 Å². The van der Waals surface area contributed by atoms with Crippen LogP contribution in [0.2, 0.25) is 0 Å². The van der Waals surface area contributed by atoms with Gasteiger partial charge in [-0.05, 0) is 79.3 Å². The Bertz CT molecular complexity index is 1540. The fourth-order valence-corrected chi connectivity index (χ4v) is 12.0. The van der Waals surface area contributed by atoms with Crippen LogP contribution in [0.4, 0.5) is 0 Å². The quantitative estimate of drug-likeness (QED) is 0.0447. The van der Waals surface area contributed by atoms with E-state index in [4.69, 9.17) is 4.74 Å². The smallest absolute Gasteiger partial charge is 0.306 e. The second-order valence-corrected chi connectivity index (χ2v) is 19.3. The summed E-state index contributed by atoms with van der Waals surface area (Å²) < 4.78 is 5.84. The van der Waals surface area contributed by atoms with Gasteiger partial charge in [-0.15, -0.1) is 0 Å². The van der Waals surface area contributed by atoms with Crippen molar-refractivity contribution in [1.29, 1.82) is 0 Å². The van der Waals surface area contributed by atoms with Crippen molar-refractivity contribution in [1.82, 2.24) is 0 Å². The Morgan fingerprint density at radius 2 is 1.15 bits per heavy atom. The minimum absolute atomic E-state index is 0.0634. The molecule has 0 aromatic heterocycles. The van der Waals surface area contributed by atoms with Crippen molar-refractivity contribution in [3.8, 4) is 0 Å². The number of hydrogen-bond donors (Lipinski definition) is 0. The second kappa shape index (κ2) is 22.0. The van der Waals surface area contributed by atoms with Gasteiger partial charge in [0, 0.05) is 12.8 Å². The molecule has 1 aliphatic carbocycles. The van der Waals surface area contributed by atoms with Crippen molar-refractivity contribution in [2.75, 3.05) is 6.16 Å². The van der Waals surface area contributed by atoms with E-state index >= 15 is 0 Å². The molecule has 1 aliphatic rings. The molecule has 0 fully saturated rings. The lowest BCUT2D eigenvalue weighted by molar-refractivity contribution is -0.156. The Labute approximate surface area is 322 Å². The van der Waals surface area contributed by atoms with E-state index in [0.717, 1.165) is 36.6 Å². The van der Waals surface area contributed by atoms with Gasteiger partial charge in [0.2, 0.25) is 0 Å². The number of ketones is 1. The van der Waals surface area contributed by atoms with Crippen LogP contribution in [-0.4, -0.2) is 24.0 Å². The summed E-state index contributed by atoms with van der Waals surface area (Å²) in [6.45, 7) is 10.6. The van der Waals surface area contributed by atoms with E-state index in [1.54, 1.807) is 0 Å². The van der Waals surface area contributed by atoms with Gasteiger partial charge in [-0.2, -0.15) is 0 Å². The van der Waals surface area contributed by atoms with Crippen molar-refractivity contribution in [2.45, 2.75) is 137 Å². The van der Waals surface area contributed by atoms with Gasteiger partial charge in [-0.1, -0.05) is 170 Å². The summed E-state index contributed by atoms with van der Waals surface area (Å²) in [5.74, 6) is -0.304. The molecule has 4 rings (SSSR count). The zero-order chi connectivity index (χ0) is 37.9. The molecule has 0 N–H and O–H groups in total. The fraction of sp³-hybridized carbons (Fsp3) is 0.469. The number of rotatable bonds is 22. The summed E-state index contributed by atoms with van der Waals surface area (Å²) in [6, 6.07) is 32.8. The number of ether oxygens (including phenoxy) is 1. The predicted octanol–water partition coefficient (Wildman–Crippen LogP) is 12.2. The first-order valence-corrected chi connectivity index (χ1v) is 22.5. The molecule has 0 saturated carbocycles. The van der Waals surface area contributed by atoms with Crippen LogP contribution < -0.4 is 15.9 Å². The molecular formula is C49H66O3P+. The highest BCUT2D eigenvalue weighted by Crippen LogP contribution is 2.55. The van der Waals surface area contributed by atoms with E-state index in [0.29, 0.717) is 18.4 Å². The summed E-state index contributed by atoms with van der Waals surface area (Å²) in [4.78, 5) is 26.4. The molecule has 0 saturated heterocycles. The van der Waals surface area contributed by atoms with Crippen LogP contribution in [-0.2, 0) is 14.3 Å². The Hall–Kier alpha value is -3.55. The van der Waals surface area contributed by atoms with Crippen LogP contribution in [0.1, 0.15) is 131 Å². The number of allylic oxidation sites excluding steroid dienone is 5. The maximum atomic E-state index is 13.5. The fourth-order valence-electron chi connectivity index (χ4n) is 7.87. The maximum Gasteiger partial charge on any atom is 0.306 e. The SMILES string of the molecule is CCCCCCCCCCCCCCCC(=O)O[C@H]1CC(C)(C)C(C=CC(C)=CC[P+](c2ccccc2)(c2ccccc2)c2ccccc2)=C(C)C1=O. The number of Topliss-reactive ketones (excluding diaryl/α,β-unsaturated/α-hetero) is 1. The Morgan fingerprint density at radius 3 is 1.60 bits per heavy atom. The van der Waals surface area contributed by atoms with E-state index in [1.807, 2.05) is 6.92 Å². The molecule has 0 heterocycles. The normalized spacial score (nSPS) is 16.4. The minimum atomic E-state index is -1.98. The average Bonchev–Trinajstić information content (AvgIpc) is 3.17. The van der Waals surface area contributed by atoms with Gasteiger partial charge < -0.3 is 4.74 Å². The summed E-state index contributed by atoms with van der Waals surface area (Å²) in [6.07, 6.45) is 24.2. The highest BCUT2D eigenvalue weighted by molar-refractivity contribution is 7.95. The van der Waals surface area contributed by atoms with Gasteiger partial charge in [-0.25, -0.2) is 0 Å². The number of carbonyl (C=O) groups is 2. The minimum Gasteiger partial charge on any atom is -0.454 e. The first kappa shape index (κ1) is 42.2. The Morgan fingerprint density at radius 1 is 0.717 bits per heavy atom. The molecule has 3 aromatic rings. The zero-order valence-electron chi connectivity index (χ0n) is 33.5. The summed E-state index contributed by atoms with van der Waals surface area (Å²) >= 11 is 0. The third-order valence-electron chi connectivity index (χ3n) is 11.0. The third kappa shape index (κ3) is 12.5. The van der Waals surface area contributed by atoms with Crippen molar-refractivity contribution in [2.24, 2.45) is 5.41 Å². The number of esters is 1. The van der Waals surface area contributed by atoms with E-state index in [9.17, 15) is 9.59 Å². The summed E-state index contributed by atoms with van der Waals surface area (Å²) in [7, 11) is -1.98. The number of unbranched alkanes of at least 4 members (excludes halogenated alkanes) is 12. The standard InChI is InChI=1S/C49H66O3P/c1-6-7-8-9-10-11-12-13-14-15-16-17-27-34-47(50)52-46-39-49(4,5)45(41(3)48(46)51)36-35-40(2)37-38-53(42-28-21-18-22-29-42,43-30-23-19-24-31-43)44-32-25-20-26-33-44/h18-26,28-33,35-37,46H,6-17,27,34,38-39H2,1-5H3/q+1/t46-/m0/s1. The summed E-state index contributed by atoms with van der Waals surface area (Å²) in [5.41, 5.74) is 2.58. The molecule has 4 heteroatoms. The van der Waals surface area contributed by atoms with Crippen LogP contribution in [0.5, 0.6) is 0 Å². The third-order valence-corrected chi connectivity index (χ3v) is 15.3. The number of carbonyl (C=O) groups excluding carboxylic acids is 2. The topological polar surface area (TPSA) is 43.4 Å². The van der Waals surface area contributed by atoms with Gasteiger partial charge >= 0.3 is 5.97 Å². The monoisotopic (exact) mass is 733 g/mol. The Kier molecular flexibility index (Phi) is 17.5. The van der Waals surface area contributed by atoms with Gasteiger partial charge in [0.1, 0.15) is 23.2 Å². The van der Waals surface area contributed by atoms with Crippen LogP contribution in [0, 0.1) is 5.41 Å². The average molecular weight is 734 g/mol. The lowest BCUT2D eigenvalue weighted by Gasteiger charge is -2.36. The molecule has 0 amide bonds. The molecular weight excluding hydrogens is 668 g/mol. The predicted molar refractivity (Wildman–Crippen MR) is 229 cm³/mol. The number of hydrogen-bond acceptors (Lipinski definition) is 3. The molecule has 0 aliphatic heterocycles. The molecule has 53 heavy (non-hydrogen) atoms. The van der Waals surface area contributed by atoms with Gasteiger partial charge in [0.15, 0.2) is 11.9 Å². The van der Waals surface area contributed by atoms with Crippen LogP contribution in [0.15, 0.2) is 126 Å². The zero-order valence-corrected chi connectivity index (χ0v) is 34.3. The van der Waals surface area contributed by atoms with Crippen molar-refractivity contribution in [3.63, 3.8) is 0 Å². The second-order valence-electron chi connectivity index (χ2n) is 15.7. The molecule has 3 nitrogen and oxygen atoms in total. The van der Waals surface area contributed by atoms with E-state index in [2.05, 4.69) is 137 Å². The van der Waals surface area contributed by atoms with Gasteiger partial charge in [-0.3, -0.25) is 9.59 Å². The Balaban J connectivity index is 1.34. The molecule has 0 spiro atoms. The van der Waals surface area contributed by atoms with Crippen LogP contribution >= 0.6 is 7.26 Å². The molecule has 284 valence electrons. The molecule has 1 atom stereocenters. The highest BCUT2D eigenvalue weighted by atomic mass is 31.2. The van der Waals surface area contributed by atoms with Gasteiger partial charge in [0.05, 0.1) is 6.16 Å². The molecule has 0 bridgehead atoms. The first-order valence-electron chi connectivity index (χ1n) is 20.5. The molecule has 0 unspecified atom stereocenters.